The van der Waals surface area contributed by atoms with E-state index in [0.29, 0.717) is 5.56 Å². The average molecular weight is 218 g/mol. The minimum atomic E-state index is -0.519. The van der Waals surface area contributed by atoms with E-state index in [1.807, 2.05) is 0 Å². The molecule has 0 spiro atoms. The van der Waals surface area contributed by atoms with Crippen molar-refractivity contribution < 1.29 is 9.72 Å². The van der Waals surface area contributed by atoms with Crippen LogP contribution in [-0.2, 0) is 4.79 Å². The second-order valence-corrected chi connectivity index (χ2v) is 3.26. The number of amides is 1. The number of nitrogens with zero attached hydrogens (tertiary/aromatic N) is 1. The Hall–Kier alpha value is -2.35. The topological polar surface area (TPSA) is 86.2 Å². The molecule has 1 rings (SSSR count). The summed E-state index contributed by atoms with van der Waals surface area (Å²) in [6.45, 7) is 1.74. The normalized spacial score (nSPS) is 9.06. The number of non-ortho nitro benzene ring substituents is 1. The molecule has 1 aromatic rings. The van der Waals surface area contributed by atoms with Gasteiger partial charge in [-0.25, -0.2) is 0 Å². The number of primary amides is 1. The molecule has 0 aromatic heterocycles. The van der Waals surface area contributed by atoms with Crippen LogP contribution in [0.4, 0.5) is 5.69 Å². The molecule has 0 radical (unpaired) electrons. The molecule has 0 saturated carbocycles. The van der Waals surface area contributed by atoms with Gasteiger partial charge < -0.3 is 5.73 Å². The minimum absolute atomic E-state index is 0.0108. The summed E-state index contributed by atoms with van der Waals surface area (Å²) >= 11 is 0. The van der Waals surface area contributed by atoms with Crippen LogP contribution in [-0.4, -0.2) is 10.8 Å². The summed E-state index contributed by atoms with van der Waals surface area (Å²) in [6.07, 6.45) is -0.0538. The number of carbonyl (C=O) groups is 1. The molecule has 0 fully saturated rings. The predicted octanol–water partition coefficient (Wildman–Crippen LogP) is 1.13. The van der Waals surface area contributed by atoms with E-state index in [4.69, 9.17) is 5.73 Å². The van der Waals surface area contributed by atoms with Crippen molar-refractivity contribution in [1.82, 2.24) is 0 Å². The van der Waals surface area contributed by atoms with Crippen LogP contribution < -0.4 is 5.73 Å². The quantitative estimate of drug-likeness (QED) is 0.458. The van der Waals surface area contributed by atoms with Gasteiger partial charge in [0.15, 0.2) is 0 Å². The lowest BCUT2D eigenvalue weighted by Crippen LogP contribution is -2.08. The van der Waals surface area contributed by atoms with Gasteiger partial charge in [-0.15, -0.1) is 0 Å². The Morgan fingerprint density at radius 1 is 1.50 bits per heavy atom. The number of hydrogen-bond donors (Lipinski definition) is 1. The number of hydrogen-bond acceptors (Lipinski definition) is 3. The molecule has 0 aliphatic carbocycles. The van der Waals surface area contributed by atoms with Crippen molar-refractivity contribution >= 4 is 11.6 Å². The van der Waals surface area contributed by atoms with Crippen molar-refractivity contribution in [3.8, 4) is 11.8 Å². The van der Waals surface area contributed by atoms with Gasteiger partial charge in [0, 0.05) is 17.7 Å². The highest BCUT2D eigenvalue weighted by Crippen LogP contribution is 2.15. The fourth-order valence-electron chi connectivity index (χ4n) is 1.17. The molecule has 0 unspecified atom stereocenters. The van der Waals surface area contributed by atoms with Crippen LogP contribution in [0.3, 0.4) is 0 Å². The molecule has 2 N–H and O–H groups in total. The van der Waals surface area contributed by atoms with Crippen LogP contribution in [0.2, 0.25) is 0 Å². The molecule has 16 heavy (non-hydrogen) atoms. The Balaban J connectivity index is 2.99. The lowest BCUT2D eigenvalue weighted by atomic mass is 10.1. The van der Waals surface area contributed by atoms with Gasteiger partial charge in [-0.2, -0.15) is 0 Å². The summed E-state index contributed by atoms with van der Waals surface area (Å²) in [5.41, 5.74) is 6.16. The molecular formula is C11H10N2O3. The lowest BCUT2D eigenvalue weighted by Gasteiger charge is -1.95. The van der Waals surface area contributed by atoms with Gasteiger partial charge >= 0.3 is 0 Å². The molecule has 1 amide bonds. The third-order valence-electron chi connectivity index (χ3n) is 1.77. The number of nitro benzene ring substituents is 1. The zero-order valence-corrected chi connectivity index (χ0v) is 8.69. The molecule has 1 aromatic carbocycles. The largest absolute Gasteiger partial charge is 0.369 e. The summed E-state index contributed by atoms with van der Waals surface area (Å²) in [5, 5.41) is 10.6. The van der Waals surface area contributed by atoms with Gasteiger partial charge in [0.25, 0.3) is 5.69 Å². The van der Waals surface area contributed by atoms with E-state index in [1.165, 1.54) is 12.1 Å². The van der Waals surface area contributed by atoms with Gasteiger partial charge in [-0.1, -0.05) is 11.8 Å². The Kier molecular flexibility index (Phi) is 3.62. The second-order valence-electron chi connectivity index (χ2n) is 3.26. The SMILES string of the molecule is Cc1cc(C#CCC(N)=O)cc([N+](=O)[O-])c1. The second kappa shape index (κ2) is 4.94. The fourth-order valence-corrected chi connectivity index (χ4v) is 1.17. The zero-order chi connectivity index (χ0) is 12.1. The van der Waals surface area contributed by atoms with Crippen LogP contribution in [0.15, 0.2) is 18.2 Å². The van der Waals surface area contributed by atoms with Crippen molar-refractivity contribution in [2.24, 2.45) is 5.73 Å². The Bertz CT molecular complexity index is 498. The molecule has 82 valence electrons. The van der Waals surface area contributed by atoms with Crippen LogP contribution in [0.25, 0.3) is 0 Å². The van der Waals surface area contributed by atoms with Gasteiger partial charge in [-0.05, 0) is 18.6 Å². The first-order valence-electron chi connectivity index (χ1n) is 4.52. The van der Waals surface area contributed by atoms with Crippen LogP contribution in [0.1, 0.15) is 17.5 Å². The molecule has 0 saturated heterocycles. The van der Waals surface area contributed by atoms with Gasteiger partial charge in [-0.3, -0.25) is 14.9 Å². The Labute approximate surface area is 92.4 Å². The van der Waals surface area contributed by atoms with Crippen molar-refractivity contribution in [2.75, 3.05) is 0 Å². The first kappa shape index (κ1) is 11.7. The Morgan fingerprint density at radius 2 is 2.19 bits per heavy atom. The molecule has 0 heterocycles. The molecule has 0 aliphatic rings. The van der Waals surface area contributed by atoms with Crippen LogP contribution in [0.5, 0.6) is 0 Å². The van der Waals surface area contributed by atoms with Crippen molar-refractivity contribution in [1.29, 1.82) is 0 Å². The van der Waals surface area contributed by atoms with Gasteiger partial charge in [0.2, 0.25) is 5.91 Å². The van der Waals surface area contributed by atoms with E-state index in [1.54, 1.807) is 13.0 Å². The number of nitro groups is 1. The molecule has 5 nitrogen and oxygen atoms in total. The minimum Gasteiger partial charge on any atom is -0.369 e. The van der Waals surface area contributed by atoms with E-state index in [-0.39, 0.29) is 12.1 Å². The average Bonchev–Trinajstić information content (AvgIpc) is 2.16. The maximum absolute atomic E-state index is 10.6. The van der Waals surface area contributed by atoms with E-state index in [0.717, 1.165) is 5.56 Å². The first-order chi connectivity index (χ1) is 7.49. The number of aryl methyl sites for hydroxylation is 1. The fraction of sp³-hybridized carbons (Fsp3) is 0.182. The number of carbonyl (C=O) groups excluding carboxylic acids is 1. The number of rotatable bonds is 2. The first-order valence-corrected chi connectivity index (χ1v) is 4.52. The summed E-state index contributed by atoms with van der Waals surface area (Å²) in [4.78, 5) is 20.5. The molecule has 0 atom stereocenters. The number of nitrogens with two attached hydrogens (primary N) is 1. The molecule has 5 heteroatoms. The van der Waals surface area contributed by atoms with Gasteiger partial charge in [0.05, 0.1) is 11.3 Å². The third kappa shape index (κ3) is 3.42. The highest BCUT2D eigenvalue weighted by Gasteiger charge is 2.06. The Morgan fingerprint density at radius 3 is 2.75 bits per heavy atom. The lowest BCUT2D eigenvalue weighted by molar-refractivity contribution is -0.384. The van der Waals surface area contributed by atoms with Crippen molar-refractivity contribution in [3.05, 3.63) is 39.4 Å². The standard InChI is InChI=1S/C11H10N2O3/c1-8-5-9(3-2-4-11(12)14)7-10(6-8)13(15)16/h5-7H,4H2,1H3,(H2,12,14). The monoisotopic (exact) mass is 218 g/mol. The summed E-state index contributed by atoms with van der Waals surface area (Å²) < 4.78 is 0. The smallest absolute Gasteiger partial charge is 0.270 e. The summed E-state index contributed by atoms with van der Waals surface area (Å²) in [6, 6.07) is 4.53. The summed E-state index contributed by atoms with van der Waals surface area (Å²) in [5.74, 6) is 4.69. The highest BCUT2D eigenvalue weighted by molar-refractivity contribution is 5.76. The molecular weight excluding hydrogens is 208 g/mol. The van der Waals surface area contributed by atoms with Crippen molar-refractivity contribution in [3.63, 3.8) is 0 Å². The zero-order valence-electron chi connectivity index (χ0n) is 8.69. The molecule has 0 bridgehead atoms. The maximum Gasteiger partial charge on any atom is 0.270 e. The van der Waals surface area contributed by atoms with E-state index in [2.05, 4.69) is 11.8 Å². The highest BCUT2D eigenvalue weighted by atomic mass is 16.6. The van der Waals surface area contributed by atoms with E-state index in [9.17, 15) is 14.9 Å². The van der Waals surface area contributed by atoms with Crippen LogP contribution in [0, 0.1) is 28.9 Å². The third-order valence-corrected chi connectivity index (χ3v) is 1.77. The number of benzene rings is 1. The van der Waals surface area contributed by atoms with E-state index >= 15 is 0 Å². The predicted molar refractivity (Wildman–Crippen MR) is 58.5 cm³/mol. The summed E-state index contributed by atoms with van der Waals surface area (Å²) in [7, 11) is 0. The van der Waals surface area contributed by atoms with Gasteiger partial charge in [0.1, 0.15) is 0 Å². The maximum atomic E-state index is 10.6. The van der Waals surface area contributed by atoms with Crippen molar-refractivity contribution in [2.45, 2.75) is 13.3 Å². The van der Waals surface area contributed by atoms with Crippen LogP contribution >= 0.6 is 0 Å². The van der Waals surface area contributed by atoms with E-state index < -0.39 is 10.8 Å². The molecule has 0 aliphatic heterocycles.